The predicted molar refractivity (Wildman–Crippen MR) is 85.7 cm³/mol. The first kappa shape index (κ1) is 20.7. The van der Waals surface area contributed by atoms with Gasteiger partial charge in [0.05, 0.1) is 13.2 Å². The number of ether oxygens (including phenoxy) is 3. The van der Waals surface area contributed by atoms with Crippen molar-refractivity contribution in [1.29, 1.82) is 0 Å². The third-order valence-electron chi connectivity index (χ3n) is 3.82. The van der Waals surface area contributed by atoms with Gasteiger partial charge in [-0.2, -0.15) is 0 Å². The van der Waals surface area contributed by atoms with Crippen molar-refractivity contribution in [3.8, 4) is 0 Å². The number of esters is 1. The molecule has 5 heteroatoms. The van der Waals surface area contributed by atoms with Gasteiger partial charge in [-0.1, -0.05) is 39.5 Å². The average Bonchev–Trinajstić information content (AvgIpc) is 2.49. The molecule has 0 saturated carbocycles. The number of rotatable bonds is 11. The minimum atomic E-state index is -0.825. The fraction of sp³-hybridized carbons (Fsp3) is 0.882. The number of hydrogen-bond donors (Lipinski definition) is 0. The van der Waals surface area contributed by atoms with Gasteiger partial charge in [0, 0.05) is 0 Å². The first-order valence-corrected chi connectivity index (χ1v) is 8.46. The Kier molecular flexibility index (Phi) is 10.7. The SMILES string of the molecule is CCCCC(OC(=O)OCC)C(C)(CCCC)C(=O)OCC. The Labute approximate surface area is 134 Å². The van der Waals surface area contributed by atoms with Crippen LogP contribution in [-0.4, -0.2) is 31.4 Å². The molecular weight excluding hydrogens is 284 g/mol. The Morgan fingerprint density at radius 1 is 0.955 bits per heavy atom. The molecule has 2 atom stereocenters. The van der Waals surface area contributed by atoms with Crippen LogP contribution in [-0.2, 0) is 19.0 Å². The lowest BCUT2D eigenvalue weighted by atomic mass is 9.77. The maximum absolute atomic E-state index is 12.5. The second-order valence-electron chi connectivity index (χ2n) is 5.67. The van der Waals surface area contributed by atoms with E-state index in [2.05, 4.69) is 13.8 Å². The quantitative estimate of drug-likeness (QED) is 0.526. The molecule has 0 radical (unpaired) electrons. The highest BCUT2D eigenvalue weighted by Crippen LogP contribution is 2.35. The molecule has 0 aromatic carbocycles. The predicted octanol–water partition coefficient (Wildman–Crippen LogP) is 4.48. The van der Waals surface area contributed by atoms with Crippen molar-refractivity contribution in [1.82, 2.24) is 0 Å². The van der Waals surface area contributed by atoms with Crippen LogP contribution in [0, 0.1) is 5.41 Å². The van der Waals surface area contributed by atoms with E-state index in [0.717, 1.165) is 25.7 Å². The molecule has 22 heavy (non-hydrogen) atoms. The summed E-state index contributed by atoms with van der Waals surface area (Å²) in [4.78, 5) is 24.2. The summed E-state index contributed by atoms with van der Waals surface area (Å²) in [6.45, 7) is 10.1. The van der Waals surface area contributed by atoms with E-state index in [4.69, 9.17) is 14.2 Å². The van der Waals surface area contributed by atoms with E-state index < -0.39 is 17.7 Å². The zero-order chi connectivity index (χ0) is 17.0. The summed E-state index contributed by atoms with van der Waals surface area (Å²) in [7, 11) is 0. The van der Waals surface area contributed by atoms with Crippen LogP contribution in [0.5, 0.6) is 0 Å². The molecule has 130 valence electrons. The van der Waals surface area contributed by atoms with E-state index >= 15 is 0 Å². The standard InChI is InChI=1S/C17H32O5/c1-6-10-12-14(22-16(19)21-9-4)17(5,13-11-7-2)15(18)20-8-3/h14H,6-13H2,1-5H3. The van der Waals surface area contributed by atoms with Gasteiger partial charge in [-0.15, -0.1) is 0 Å². The van der Waals surface area contributed by atoms with Crippen molar-refractivity contribution >= 4 is 12.1 Å². The van der Waals surface area contributed by atoms with Crippen LogP contribution < -0.4 is 0 Å². The number of hydrogen-bond acceptors (Lipinski definition) is 5. The summed E-state index contributed by atoms with van der Waals surface area (Å²) in [6.07, 6.45) is 3.73. The van der Waals surface area contributed by atoms with Gasteiger partial charge >= 0.3 is 12.1 Å². The molecule has 0 spiro atoms. The second-order valence-corrected chi connectivity index (χ2v) is 5.67. The molecule has 0 amide bonds. The Bertz CT molecular complexity index is 329. The molecule has 5 nitrogen and oxygen atoms in total. The molecular formula is C17H32O5. The molecule has 0 heterocycles. The summed E-state index contributed by atoms with van der Waals surface area (Å²) in [5, 5.41) is 0. The highest BCUT2D eigenvalue weighted by atomic mass is 16.7. The van der Waals surface area contributed by atoms with Gasteiger partial charge in [-0.25, -0.2) is 4.79 Å². The highest BCUT2D eigenvalue weighted by molar-refractivity contribution is 5.77. The van der Waals surface area contributed by atoms with Crippen LogP contribution in [0.3, 0.4) is 0 Å². The molecule has 0 fully saturated rings. The van der Waals surface area contributed by atoms with Crippen molar-refractivity contribution in [2.75, 3.05) is 13.2 Å². The maximum Gasteiger partial charge on any atom is 0.508 e. The summed E-state index contributed by atoms with van der Waals surface area (Å²) in [5.41, 5.74) is -0.825. The lowest BCUT2D eigenvalue weighted by Crippen LogP contribution is -2.44. The Hall–Kier alpha value is -1.26. The second kappa shape index (κ2) is 11.3. The Morgan fingerprint density at radius 2 is 1.55 bits per heavy atom. The van der Waals surface area contributed by atoms with Gasteiger partial charge in [0.2, 0.25) is 0 Å². The highest BCUT2D eigenvalue weighted by Gasteiger charge is 2.44. The molecule has 2 unspecified atom stereocenters. The summed E-state index contributed by atoms with van der Waals surface area (Å²) >= 11 is 0. The lowest BCUT2D eigenvalue weighted by molar-refractivity contribution is -0.164. The summed E-state index contributed by atoms with van der Waals surface area (Å²) in [5.74, 6) is -0.297. The van der Waals surface area contributed by atoms with Gasteiger partial charge in [0.25, 0.3) is 0 Å². The molecule has 0 aromatic heterocycles. The Balaban J connectivity index is 5.21. The summed E-state index contributed by atoms with van der Waals surface area (Å²) in [6, 6.07) is 0. The largest absolute Gasteiger partial charge is 0.508 e. The van der Waals surface area contributed by atoms with Crippen LogP contribution in [0.25, 0.3) is 0 Å². The number of unbranched alkanes of at least 4 members (excludes halogenated alkanes) is 2. The van der Waals surface area contributed by atoms with E-state index in [1.165, 1.54) is 0 Å². The van der Waals surface area contributed by atoms with Gasteiger partial charge in [0.15, 0.2) is 0 Å². The van der Waals surface area contributed by atoms with E-state index in [1.54, 1.807) is 13.8 Å². The van der Waals surface area contributed by atoms with Crippen molar-refractivity contribution in [3.63, 3.8) is 0 Å². The van der Waals surface area contributed by atoms with Crippen molar-refractivity contribution in [2.24, 2.45) is 5.41 Å². The molecule has 0 aliphatic rings. The monoisotopic (exact) mass is 316 g/mol. The number of carbonyl (C=O) groups excluding carboxylic acids is 2. The topological polar surface area (TPSA) is 61.8 Å². The molecule has 0 aromatic rings. The summed E-state index contributed by atoms with van der Waals surface area (Å²) < 4.78 is 15.6. The van der Waals surface area contributed by atoms with Crippen LogP contribution in [0.2, 0.25) is 0 Å². The van der Waals surface area contributed by atoms with E-state index in [9.17, 15) is 9.59 Å². The minimum Gasteiger partial charge on any atom is -0.465 e. The van der Waals surface area contributed by atoms with Gasteiger partial charge in [-0.3, -0.25) is 4.79 Å². The molecule has 0 aliphatic carbocycles. The maximum atomic E-state index is 12.5. The molecule has 0 N–H and O–H groups in total. The van der Waals surface area contributed by atoms with Gasteiger partial charge < -0.3 is 14.2 Å². The normalized spacial score (nSPS) is 14.8. The molecule has 0 rings (SSSR count). The van der Waals surface area contributed by atoms with Gasteiger partial charge in [0.1, 0.15) is 11.5 Å². The smallest absolute Gasteiger partial charge is 0.465 e. The Morgan fingerprint density at radius 3 is 2.05 bits per heavy atom. The van der Waals surface area contributed by atoms with E-state index in [0.29, 0.717) is 19.4 Å². The van der Waals surface area contributed by atoms with Crippen LogP contribution >= 0.6 is 0 Å². The molecule has 0 aliphatic heterocycles. The number of carbonyl (C=O) groups is 2. The zero-order valence-electron chi connectivity index (χ0n) is 14.8. The first-order valence-electron chi connectivity index (χ1n) is 8.46. The van der Waals surface area contributed by atoms with E-state index in [-0.39, 0.29) is 12.6 Å². The van der Waals surface area contributed by atoms with Crippen molar-refractivity contribution in [2.45, 2.75) is 79.2 Å². The van der Waals surface area contributed by atoms with Crippen molar-refractivity contribution < 1.29 is 23.8 Å². The minimum absolute atomic E-state index is 0.254. The van der Waals surface area contributed by atoms with Crippen LogP contribution in [0.4, 0.5) is 4.79 Å². The first-order chi connectivity index (χ1) is 10.5. The van der Waals surface area contributed by atoms with Gasteiger partial charge in [-0.05, 0) is 33.6 Å². The lowest BCUT2D eigenvalue weighted by Gasteiger charge is -2.34. The van der Waals surface area contributed by atoms with Crippen LogP contribution in [0.1, 0.15) is 73.1 Å². The third-order valence-corrected chi connectivity index (χ3v) is 3.82. The fourth-order valence-corrected chi connectivity index (χ4v) is 2.40. The third kappa shape index (κ3) is 6.67. The zero-order valence-corrected chi connectivity index (χ0v) is 14.8. The average molecular weight is 316 g/mol. The molecule has 0 bridgehead atoms. The fourth-order valence-electron chi connectivity index (χ4n) is 2.40. The van der Waals surface area contributed by atoms with E-state index in [1.807, 2.05) is 6.92 Å². The van der Waals surface area contributed by atoms with Crippen LogP contribution in [0.15, 0.2) is 0 Å². The molecule has 0 saturated heterocycles. The van der Waals surface area contributed by atoms with Crippen molar-refractivity contribution in [3.05, 3.63) is 0 Å².